The lowest BCUT2D eigenvalue weighted by Crippen LogP contribution is -2.30. The molecule has 6 heteroatoms. The Morgan fingerprint density at radius 2 is 1.60 bits per heavy atom. The Balaban J connectivity index is 2.38. The first-order valence-corrected chi connectivity index (χ1v) is 9.76. The fraction of sp³-hybridized carbons (Fsp3) is 0.316. The molecule has 0 saturated heterocycles. The van der Waals surface area contributed by atoms with Crippen molar-refractivity contribution in [2.45, 2.75) is 32.6 Å². The van der Waals surface area contributed by atoms with Crippen LogP contribution in [0.25, 0.3) is 0 Å². The molecule has 25 heavy (non-hydrogen) atoms. The Kier molecular flexibility index (Phi) is 5.85. The summed E-state index contributed by atoms with van der Waals surface area (Å²) in [5.41, 5.74) is 2.51. The molecule has 5 nitrogen and oxygen atoms in total. The van der Waals surface area contributed by atoms with E-state index in [9.17, 15) is 13.2 Å². The van der Waals surface area contributed by atoms with Gasteiger partial charge in [0.25, 0.3) is 15.9 Å². The van der Waals surface area contributed by atoms with Gasteiger partial charge in [0.15, 0.2) is 0 Å². The number of sulfonamides is 1. The van der Waals surface area contributed by atoms with Gasteiger partial charge in [-0.25, -0.2) is 8.42 Å². The van der Waals surface area contributed by atoms with Gasteiger partial charge in [-0.2, -0.15) is 0 Å². The van der Waals surface area contributed by atoms with Gasteiger partial charge < -0.3 is 4.90 Å². The number of carbonyl (C=O) groups excluding carboxylic acids is 1. The molecule has 1 amide bonds. The summed E-state index contributed by atoms with van der Waals surface area (Å²) in [5.74, 6) is -0.170. The van der Waals surface area contributed by atoms with E-state index in [1.165, 1.54) is 6.07 Å². The van der Waals surface area contributed by atoms with Crippen LogP contribution in [0.15, 0.2) is 47.4 Å². The molecule has 2 aromatic rings. The van der Waals surface area contributed by atoms with Gasteiger partial charge in [-0.3, -0.25) is 9.52 Å². The minimum Gasteiger partial charge on any atom is -0.339 e. The number of nitrogens with one attached hydrogen (secondary N) is 1. The normalized spacial score (nSPS) is 11.2. The first-order valence-electron chi connectivity index (χ1n) is 8.28. The highest BCUT2D eigenvalue weighted by Gasteiger charge is 2.21. The molecule has 0 heterocycles. The molecule has 0 aliphatic carbocycles. The Labute approximate surface area is 149 Å². The topological polar surface area (TPSA) is 66.5 Å². The van der Waals surface area contributed by atoms with Gasteiger partial charge in [-0.05, 0) is 57.5 Å². The molecule has 2 aromatic carbocycles. The standard InChI is InChI=1S/C19H24N2O3S/c1-5-21(6-2)19(22)16-10-9-15(4)18(13-16)25(23,24)20-17-11-7-14(3)8-12-17/h7-13,20H,5-6H2,1-4H3. The van der Waals surface area contributed by atoms with Gasteiger partial charge in [-0.15, -0.1) is 0 Å². The van der Waals surface area contributed by atoms with Crippen LogP contribution in [0.2, 0.25) is 0 Å². The Hall–Kier alpha value is -2.34. The van der Waals surface area contributed by atoms with Gasteiger partial charge in [0.05, 0.1) is 4.90 Å². The number of hydrogen-bond donors (Lipinski definition) is 1. The van der Waals surface area contributed by atoms with Crippen LogP contribution in [0.3, 0.4) is 0 Å². The quantitative estimate of drug-likeness (QED) is 0.856. The molecule has 0 atom stereocenters. The van der Waals surface area contributed by atoms with Crippen LogP contribution in [0.1, 0.15) is 35.3 Å². The van der Waals surface area contributed by atoms with Crippen molar-refractivity contribution in [1.82, 2.24) is 4.90 Å². The largest absolute Gasteiger partial charge is 0.339 e. The van der Waals surface area contributed by atoms with Gasteiger partial charge in [-0.1, -0.05) is 23.8 Å². The maximum atomic E-state index is 12.8. The second kappa shape index (κ2) is 7.70. The first kappa shape index (κ1) is 19.0. The molecule has 0 bridgehead atoms. The average Bonchev–Trinajstić information content (AvgIpc) is 2.58. The zero-order valence-electron chi connectivity index (χ0n) is 15.0. The van der Waals surface area contributed by atoms with Crippen LogP contribution in [0, 0.1) is 13.8 Å². The second-order valence-electron chi connectivity index (χ2n) is 5.93. The summed E-state index contributed by atoms with van der Waals surface area (Å²) in [7, 11) is -3.77. The number of aryl methyl sites for hydroxylation is 2. The molecule has 134 valence electrons. The Morgan fingerprint density at radius 3 is 2.16 bits per heavy atom. The summed E-state index contributed by atoms with van der Waals surface area (Å²) >= 11 is 0. The zero-order valence-corrected chi connectivity index (χ0v) is 15.9. The molecule has 0 aromatic heterocycles. The van der Waals surface area contributed by atoms with Crippen molar-refractivity contribution in [2.24, 2.45) is 0 Å². The molecule has 0 radical (unpaired) electrons. The van der Waals surface area contributed by atoms with Gasteiger partial charge in [0.1, 0.15) is 0 Å². The fourth-order valence-corrected chi connectivity index (χ4v) is 3.88. The first-order chi connectivity index (χ1) is 11.8. The number of anilines is 1. The van der Waals surface area contributed by atoms with Crippen LogP contribution in [0.5, 0.6) is 0 Å². The maximum Gasteiger partial charge on any atom is 0.262 e. The lowest BCUT2D eigenvalue weighted by Gasteiger charge is -2.19. The van der Waals surface area contributed by atoms with Crippen molar-refractivity contribution >= 4 is 21.6 Å². The van der Waals surface area contributed by atoms with Crippen LogP contribution >= 0.6 is 0 Å². The number of hydrogen-bond acceptors (Lipinski definition) is 3. The predicted octanol–water partition coefficient (Wildman–Crippen LogP) is 3.59. The molecule has 0 aliphatic heterocycles. The summed E-state index contributed by atoms with van der Waals surface area (Å²) < 4.78 is 28.1. The van der Waals surface area contributed by atoms with Crippen LogP contribution in [0.4, 0.5) is 5.69 Å². The van der Waals surface area contributed by atoms with E-state index in [1.807, 2.05) is 32.9 Å². The van der Waals surface area contributed by atoms with E-state index >= 15 is 0 Å². The molecule has 0 spiro atoms. The summed E-state index contributed by atoms with van der Waals surface area (Å²) in [5, 5.41) is 0. The van der Waals surface area contributed by atoms with E-state index in [1.54, 1.807) is 36.1 Å². The molecule has 0 saturated carbocycles. The molecule has 0 fully saturated rings. The molecule has 0 aliphatic rings. The van der Waals surface area contributed by atoms with E-state index in [2.05, 4.69) is 4.72 Å². The van der Waals surface area contributed by atoms with Crippen molar-refractivity contribution in [1.29, 1.82) is 0 Å². The average molecular weight is 360 g/mol. The third-order valence-electron chi connectivity index (χ3n) is 4.08. The smallest absolute Gasteiger partial charge is 0.262 e. The molecule has 1 N–H and O–H groups in total. The van der Waals surface area contributed by atoms with Crippen LogP contribution < -0.4 is 4.72 Å². The summed E-state index contributed by atoms with van der Waals surface area (Å²) in [6.45, 7) is 8.60. The van der Waals surface area contributed by atoms with Crippen LogP contribution in [-0.4, -0.2) is 32.3 Å². The third kappa shape index (κ3) is 4.39. The third-order valence-corrected chi connectivity index (χ3v) is 5.60. The number of carbonyl (C=O) groups is 1. The van der Waals surface area contributed by atoms with Crippen LogP contribution in [-0.2, 0) is 10.0 Å². The SMILES string of the molecule is CCN(CC)C(=O)c1ccc(C)c(S(=O)(=O)Nc2ccc(C)cc2)c1. The van der Waals surface area contributed by atoms with E-state index in [0.717, 1.165) is 5.56 Å². The van der Waals surface area contributed by atoms with Gasteiger partial charge >= 0.3 is 0 Å². The molecule has 0 unspecified atom stereocenters. The minimum atomic E-state index is -3.77. The Morgan fingerprint density at radius 1 is 1.00 bits per heavy atom. The predicted molar refractivity (Wildman–Crippen MR) is 100 cm³/mol. The van der Waals surface area contributed by atoms with Crippen molar-refractivity contribution in [2.75, 3.05) is 17.8 Å². The fourth-order valence-electron chi connectivity index (χ4n) is 2.55. The number of benzene rings is 2. The van der Waals surface area contributed by atoms with Gasteiger partial charge in [0, 0.05) is 24.3 Å². The molecule has 2 rings (SSSR count). The number of nitrogens with zero attached hydrogens (tertiary/aromatic N) is 1. The second-order valence-corrected chi connectivity index (χ2v) is 7.58. The maximum absolute atomic E-state index is 12.8. The summed E-state index contributed by atoms with van der Waals surface area (Å²) in [6, 6.07) is 11.9. The van der Waals surface area contributed by atoms with Crippen molar-refractivity contribution in [3.63, 3.8) is 0 Å². The monoisotopic (exact) mass is 360 g/mol. The highest BCUT2D eigenvalue weighted by molar-refractivity contribution is 7.92. The van der Waals surface area contributed by atoms with Crippen molar-refractivity contribution in [3.05, 3.63) is 59.2 Å². The highest BCUT2D eigenvalue weighted by atomic mass is 32.2. The number of rotatable bonds is 6. The van der Waals surface area contributed by atoms with E-state index in [0.29, 0.717) is 29.9 Å². The summed E-state index contributed by atoms with van der Waals surface area (Å²) in [4.78, 5) is 14.3. The van der Waals surface area contributed by atoms with Crippen molar-refractivity contribution < 1.29 is 13.2 Å². The molecular formula is C19H24N2O3S. The Bertz CT molecular complexity index is 855. The molecular weight excluding hydrogens is 336 g/mol. The van der Waals surface area contributed by atoms with E-state index in [-0.39, 0.29) is 10.8 Å². The van der Waals surface area contributed by atoms with E-state index < -0.39 is 10.0 Å². The van der Waals surface area contributed by atoms with E-state index in [4.69, 9.17) is 0 Å². The minimum absolute atomic E-state index is 0.117. The summed E-state index contributed by atoms with van der Waals surface area (Å²) in [6.07, 6.45) is 0. The highest BCUT2D eigenvalue weighted by Crippen LogP contribution is 2.22. The lowest BCUT2D eigenvalue weighted by atomic mass is 10.1. The van der Waals surface area contributed by atoms with Crippen molar-refractivity contribution in [3.8, 4) is 0 Å². The van der Waals surface area contributed by atoms with Gasteiger partial charge in [0.2, 0.25) is 0 Å². The lowest BCUT2D eigenvalue weighted by molar-refractivity contribution is 0.0772. The number of amides is 1. The zero-order chi connectivity index (χ0) is 18.6.